The van der Waals surface area contributed by atoms with E-state index in [0.717, 1.165) is 38.9 Å². The Hall–Kier alpha value is -2.82. The van der Waals surface area contributed by atoms with E-state index >= 15 is 0 Å². The summed E-state index contributed by atoms with van der Waals surface area (Å²) < 4.78 is 12.3. The van der Waals surface area contributed by atoms with Crippen molar-refractivity contribution in [2.75, 3.05) is 0 Å². The minimum atomic E-state index is -0.0402. The van der Waals surface area contributed by atoms with Crippen LogP contribution in [-0.4, -0.2) is 24.4 Å². The van der Waals surface area contributed by atoms with E-state index in [0.29, 0.717) is 19.0 Å². The molecule has 4 rings (SSSR count). The molecular formula is C31H32LiO3P. The normalized spacial score (nSPS) is 10.8. The van der Waals surface area contributed by atoms with Crippen LogP contribution >= 0.6 is 8.58 Å². The van der Waals surface area contributed by atoms with Crippen LogP contribution in [0.5, 0.6) is 11.5 Å². The zero-order valence-electron chi connectivity index (χ0n) is 20.7. The third-order valence-electron chi connectivity index (χ3n) is 6.27. The van der Waals surface area contributed by atoms with Crippen molar-refractivity contribution >= 4 is 38.3 Å². The van der Waals surface area contributed by atoms with Crippen molar-refractivity contribution in [1.82, 2.24) is 0 Å². The first-order chi connectivity index (χ1) is 16.9. The van der Waals surface area contributed by atoms with Gasteiger partial charge in [0.1, 0.15) is 24.7 Å². The molecule has 36 heavy (non-hydrogen) atoms. The number of aryl methyl sites for hydroxylation is 2. The Balaban J connectivity index is 0.00000361. The molecule has 4 aromatic rings. The summed E-state index contributed by atoms with van der Waals surface area (Å²) in [6.07, 6.45) is 0. The molecule has 3 nitrogen and oxygen atoms in total. The Morgan fingerprint density at radius 2 is 1.28 bits per heavy atom. The molecule has 0 amide bonds. The van der Waals surface area contributed by atoms with Crippen molar-refractivity contribution < 1.29 is 14.3 Å². The van der Waals surface area contributed by atoms with E-state index < -0.39 is 0 Å². The van der Waals surface area contributed by atoms with Gasteiger partial charge in [0.05, 0.1) is 0 Å². The molecule has 0 aromatic heterocycles. The van der Waals surface area contributed by atoms with Crippen molar-refractivity contribution in [3.8, 4) is 11.5 Å². The maximum atomic E-state index is 13.5. The van der Waals surface area contributed by atoms with Gasteiger partial charge in [0.25, 0.3) is 0 Å². The summed E-state index contributed by atoms with van der Waals surface area (Å²) in [7, 11) is -0.0402. The van der Waals surface area contributed by atoms with Gasteiger partial charge in [-0.25, -0.2) is 0 Å². The van der Waals surface area contributed by atoms with Gasteiger partial charge in [-0.15, -0.1) is 0 Å². The summed E-state index contributed by atoms with van der Waals surface area (Å²) in [5.41, 5.74) is 7.61. The molecule has 0 spiro atoms. The minimum absolute atomic E-state index is 0. The van der Waals surface area contributed by atoms with E-state index in [4.69, 9.17) is 9.47 Å². The first-order valence-corrected chi connectivity index (χ1v) is 12.8. The van der Waals surface area contributed by atoms with Gasteiger partial charge in [0.2, 0.25) is 0 Å². The summed E-state index contributed by atoms with van der Waals surface area (Å²) in [4.78, 5) is 13.5. The molecule has 0 N–H and O–H groups in total. The van der Waals surface area contributed by atoms with Crippen molar-refractivity contribution in [3.05, 3.63) is 124 Å². The van der Waals surface area contributed by atoms with Gasteiger partial charge in [0.15, 0.2) is 5.52 Å². The van der Waals surface area contributed by atoms with Gasteiger partial charge in [-0.05, 0) is 81.8 Å². The second-order valence-electron chi connectivity index (χ2n) is 8.80. The third-order valence-corrected chi connectivity index (χ3v) is 7.43. The molecule has 1 atom stereocenters. The Morgan fingerprint density at radius 3 is 1.89 bits per heavy atom. The number of ether oxygens (including phenoxy) is 2. The van der Waals surface area contributed by atoms with Crippen LogP contribution in [0.4, 0.5) is 0 Å². The number of benzene rings is 4. The van der Waals surface area contributed by atoms with Crippen molar-refractivity contribution in [2.24, 2.45) is 0 Å². The molecule has 0 saturated carbocycles. The fraction of sp³-hybridized carbons (Fsp3) is 0.194. The van der Waals surface area contributed by atoms with E-state index in [1.807, 2.05) is 92.7 Å². The van der Waals surface area contributed by atoms with Crippen LogP contribution in [0.3, 0.4) is 0 Å². The second-order valence-corrected chi connectivity index (χ2v) is 10.0. The molecule has 1 unspecified atom stereocenters. The van der Waals surface area contributed by atoms with E-state index in [2.05, 4.69) is 19.9 Å². The first-order valence-electron chi connectivity index (χ1n) is 11.8. The summed E-state index contributed by atoms with van der Waals surface area (Å²) in [6.45, 7) is 9.13. The predicted octanol–water partition coefficient (Wildman–Crippen LogP) is 6.57. The quantitative estimate of drug-likeness (QED) is 0.197. The fourth-order valence-electron chi connectivity index (χ4n) is 4.11. The number of hydrogen-bond donors (Lipinski definition) is 0. The molecule has 4 aromatic carbocycles. The molecule has 0 aliphatic carbocycles. The van der Waals surface area contributed by atoms with E-state index in [-0.39, 0.29) is 33.0 Å². The third kappa shape index (κ3) is 6.89. The molecule has 5 heteroatoms. The first kappa shape index (κ1) is 27.8. The number of carbonyl (C=O) groups is 1. The Kier molecular flexibility index (Phi) is 9.97. The van der Waals surface area contributed by atoms with Crippen molar-refractivity contribution in [2.45, 2.75) is 40.9 Å². The van der Waals surface area contributed by atoms with Crippen LogP contribution in [0.25, 0.3) is 0 Å². The molecular weight excluding hydrogens is 458 g/mol. The fourth-order valence-corrected chi connectivity index (χ4v) is 5.30. The number of rotatable bonds is 9. The average Bonchev–Trinajstić information content (AvgIpc) is 2.87. The summed E-state index contributed by atoms with van der Waals surface area (Å²) >= 11 is 0. The number of carbonyl (C=O) groups excluding carboxylic acids is 1. The number of hydrogen-bond acceptors (Lipinski definition) is 3. The topological polar surface area (TPSA) is 35.5 Å². The van der Waals surface area contributed by atoms with Gasteiger partial charge in [-0.3, -0.25) is 4.79 Å². The molecule has 0 fully saturated rings. The molecule has 0 aliphatic rings. The summed E-state index contributed by atoms with van der Waals surface area (Å²) in [6, 6.07) is 28.0. The van der Waals surface area contributed by atoms with E-state index in [9.17, 15) is 4.79 Å². The molecule has 0 radical (unpaired) electrons. The van der Waals surface area contributed by atoms with Crippen LogP contribution in [0.15, 0.2) is 84.9 Å². The Labute approximate surface area is 228 Å². The van der Waals surface area contributed by atoms with Crippen LogP contribution < -0.4 is 14.8 Å². The van der Waals surface area contributed by atoms with Crippen LogP contribution in [0, 0.1) is 27.7 Å². The predicted molar refractivity (Wildman–Crippen MR) is 153 cm³/mol. The molecule has 0 heterocycles. The Bertz CT molecular complexity index is 1320. The van der Waals surface area contributed by atoms with Crippen LogP contribution in [0.2, 0.25) is 0 Å². The molecule has 180 valence electrons. The maximum absolute atomic E-state index is 13.5. The summed E-state index contributed by atoms with van der Waals surface area (Å²) in [5, 5.41) is 0.884. The van der Waals surface area contributed by atoms with E-state index in [1.54, 1.807) is 0 Å². The standard InChI is InChI=1S/C31H31O3P.Li.H/c1-21-17-22(2)30(24(4)23(21)3)31(32)35-29-16-15-27(33-19-25-11-7-5-8-12-25)18-28(29)34-20-26-13-9-6-10-14-26;;/h5-18,35H,19-20H2,1-4H3;;. The molecule has 0 bridgehead atoms. The zero-order valence-corrected chi connectivity index (χ0v) is 21.7. The Morgan fingerprint density at radius 1 is 0.694 bits per heavy atom. The zero-order chi connectivity index (χ0) is 24.8. The van der Waals surface area contributed by atoms with E-state index in [1.165, 1.54) is 11.1 Å². The van der Waals surface area contributed by atoms with Gasteiger partial charge in [-0.1, -0.05) is 66.7 Å². The van der Waals surface area contributed by atoms with Crippen molar-refractivity contribution in [1.29, 1.82) is 0 Å². The van der Waals surface area contributed by atoms with Crippen LogP contribution in [0.1, 0.15) is 43.7 Å². The SMILES string of the molecule is Cc1cc(C)c(C(=O)Pc2ccc(OCc3ccccc3)cc2OCc2ccccc2)c(C)c1C.[LiH]. The average molecular weight is 491 g/mol. The summed E-state index contributed by atoms with van der Waals surface area (Å²) in [5.74, 6) is 1.40. The second kappa shape index (κ2) is 12.9. The van der Waals surface area contributed by atoms with Crippen LogP contribution in [-0.2, 0) is 13.2 Å². The van der Waals surface area contributed by atoms with Gasteiger partial charge >= 0.3 is 18.9 Å². The van der Waals surface area contributed by atoms with Gasteiger partial charge in [0, 0.05) is 16.9 Å². The molecule has 0 aliphatic heterocycles. The van der Waals surface area contributed by atoms with Gasteiger partial charge in [-0.2, -0.15) is 0 Å². The monoisotopic (exact) mass is 490 g/mol. The molecule has 0 saturated heterocycles. The van der Waals surface area contributed by atoms with Gasteiger partial charge < -0.3 is 9.47 Å². The van der Waals surface area contributed by atoms with Crippen molar-refractivity contribution in [3.63, 3.8) is 0 Å².